The topological polar surface area (TPSA) is 45.5 Å². The first-order valence-corrected chi connectivity index (χ1v) is 8.96. The highest BCUT2D eigenvalue weighted by molar-refractivity contribution is 6.33. The Morgan fingerprint density at radius 2 is 2.16 bits per heavy atom. The molecule has 1 N–H and O–H groups in total. The Balaban J connectivity index is 1.51. The number of rotatable bonds is 5. The molecule has 1 aromatic heterocycles. The van der Waals surface area contributed by atoms with Gasteiger partial charge in [0.2, 0.25) is 0 Å². The zero-order chi connectivity index (χ0) is 17.8. The SMILES string of the molecule is O=C(NCC1CCCN(Cc2ccc(Cl)o2)C1)c1ccc(F)cc1Cl. The van der Waals surface area contributed by atoms with Gasteiger partial charge in [-0.3, -0.25) is 9.69 Å². The average Bonchev–Trinajstić information content (AvgIpc) is 2.98. The Hall–Kier alpha value is -1.56. The van der Waals surface area contributed by atoms with Gasteiger partial charge in [-0.05, 0) is 67.2 Å². The number of carbonyl (C=O) groups excluding carboxylic acids is 1. The zero-order valence-corrected chi connectivity index (χ0v) is 15.1. The first-order valence-electron chi connectivity index (χ1n) is 8.21. The van der Waals surface area contributed by atoms with E-state index in [1.54, 1.807) is 6.07 Å². The van der Waals surface area contributed by atoms with Crippen LogP contribution in [0.5, 0.6) is 0 Å². The minimum atomic E-state index is -0.456. The van der Waals surface area contributed by atoms with E-state index < -0.39 is 5.82 Å². The molecule has 0 spiro atoms. The van der Waals surface area contributed by atoms with Crippen molar-refractivity contribution in [3.05, 3.63) is 57.7 Å². The number of hydrogen-bond acceptors (Lipinski definition) is 3. The molecule has 7 heteroatoms. The molecule has 2 heterocycles. The lowest BCUT2D eigenvalue weighted by Crippen LogP contribution is -2.40. The van der Waals surface area contributed by atoms with Gasteiger partial charge in [-0.25, -0.2) is 4.39 Å². The molecule has 0 radical (unpaired) electrons. The average molecular weight is 385 g/mol. The van der Waals surface area contributed by atoms with Gasteiger partial charge in [0.1, 0.15) is 11.6 Å². The number of halogens is 3. The lowest BCUT2D eigenvalue weighted by Gasteiger charge is -2.32. The Morgan fingerprint density at radius 1 is 1.32 bits per heavy atom. The number of hydrogen-bond donors (Lipinski definition) is 1. The fourth-order valence-corrected chi connectivity index (χ4v) is 3.54. The van der Waals surface area contributed by atoms with E-state index in [-0.39, 0.29) is 10.9 Å². The summed E-state index contributed by atoms with van der Waals surface area (Å²) in [6.45, 7) is 3.13. The third kappa shape index (κ3) is 4.97. The van der Waals surface area contributed by atoms with Crippen LogP contribution in [0.25, 0.3) is 0 Å². The molecule has 134 valence electrons. The van der Waals surface area contributed by atoms with Crippen LogP contribution in [0.15, 0.2) is 34.7 Å². The van der Waals surface area contributed by atoms with E-state index in [0.29, 0.717) is 29.8 Å². The van der Waals surface area contributed by atoms with Crippen molar-refractivity contribution in [1.29, 1.82) is 0 Å². The molecule has 1 aromatic carbocycles. The van der Waals surface area contributed by atoms with E-state index in [0.717, 1.165) is 37.8 Å². The Labute approximate surface area is 155 Å². The summed E-state index contributed by atoms with van der Waals surface area (Å²) < 4.78 is 18.5. The quantitative estimate of drug-likeness (QED) is 0.832. The molecular weight excluding hydrogens is 366 g/mol. The summed E-state index contributed by atoms with van der Waals surface area (Å²) in [5.74, 6) is 0.456. The van der Waals surface area contributed by atoms with Crippen LogP contribution < -0.4 is 5.32 Å². The highest BCUT2D eigenvalue weighted by Gasteiger charge is 2.22. The molecule has 1 saturated heterocycles. The molecular formula is C18H19Cl2FN2O2. The molecule has 0 saturated carbocycles. The highest BCUT2D eigenvalue weighted by atomic mass is 35.5. The fraction of sp³-hybridized carbons (Fsp3) is 0.389. The van der Waals surface area contributed by atoms with Gasteiger partial charge in [-0.2, -0.15) is 0 Å². The largest absolute Gasteiger partial charge is 0.448 e. The fourth-order valence-electron chi connectivity index (χ4n) is 3.12. The third-order valence-electron chi connectivity index (χ3n) is 4.34. The number of nitrogens with zero attached hydrogens (tertiary/aromatic N) is 1. The third-order valence-corrected chi connectivity index (χ3v) is 4.85. The zero-order valence-electron chi connectivity index (χ0n) is 13.6. The van der Waals surface area contributed by atoms with Gasteiger partial charge in [0.25, 0.3) is 5.91 Å². The number of amides is 1. The van der Waals surface area contributed by atoms with Gasteiger partial charge in [0, 0.05) is 13.1 Å². The lowest BCUT2D eigenvalue weighted by atomic mass is 9.97. The molecule has 0 bridgehead atoms. The van der Waals surface area contributed by atoms with Crippen molar-refractivity contribution in [3.8, 4) is 0 Å². The molecule has 0 aliphatic carbocycles. The maximum Gasteiger partial charge on any atom is 0.252 e. The number of benzene rings is 1. The van der Waals surface area contributed by atoms with Crippen molar-refractivity contribution in [1.82, 2.24) is 10.2 Å². The number of likely N-dealkylation sites (tertiary alicyclic amines) is 1. The Kier molecular flexibility index (Phi) is 5.99. The van der Waals surface area contributed by atoms with Crippen LogP contribution in [0.3, 0.4) is 0 Å². The number of nitrogens with one attached hydrogen (secondary N) is 1. The van der Waals surface area contributed by atoms with Crippen molar-refractivity contribution < 1.29 is 13.6 Å². The minimum absolute atomic E-state index is 0.123. The number of furan rings is 1. The maximum absolute atomic E-state index is 13.1. The summed E-state index contributed by atoms with van der Waals surface area (Å²) in [6.07, 6.45) is 2.11. The molecule has 1 amide bonds. The second kappa shape index (κ2) is 8.21. The first-order chi connectivity index (χ1) is 12.0. The van der Waals surface area contributed by atoms with Crippen LogP contribution in [0.1, 0.15) is 29.0 Å². The van der Waals surface area contributed by atoms with Crippen LogP contribution in [0, 0.1) is 11.7 Å². The molecule has 1 fully saturated rings. The van der Waals surface area contributed by atoms with Crippen molar-refractivity contribution in [2.45, 2.75) is 19.4 Å². The van der Waals surface area contributed by atoms with Crippen LogP contribution >= 0.6 is 23.2 Å². The van der Waals surface area contributed by atoms with E-state index in [4.69, 9.17) is 27.6 Å². The predicted octanol–water partition coefficient (Wildman–Crippen LogP) is 4.37. The predicted molar refractivity (Wildman–Crippen MR) is 95.5 cm³/mol. The first kappa shape index (κ1) is 18.2. The molecule has 4 nitrogen and oxygen atoms in total. The van der Waals surface area contributed by atoms with Crippen molar-refractivity contribution >= 4 is 29.1 Å². The van der Waals surface area contributed by atoms with Gasteiger partial charge in [0.15, 0.2) is 5.22 Å². The summed E-state index contributed by atoms with van der Waals surface area (Å²) in [5.41, 5.74) is 0.293. The van der Waals surface area contributed by atoms with E-state index in [2.05, 4.69) is 10.2 Å². The Bertz CT molecular complexity index is 750. The standard InChI is InChI=1S/C18H19Cl2FN2O2/c19-16-8-13(21)3-5-15(16)18(24)22-9-12-2-1-7-23(10-12)11-14-4-6-17(20)25-14/h3-6,8,12H,1-2,7,9-11H2,(H,22,24). The summed E-state index contributed by atoms with van der Waals surface area (Å²) in [6, 6.07) is 7.40. The second-order valence-electron chi connectivity index (χ2n) is 6.28. The number of piperidine rings is 1. The molecule has 2 aromatic rings. The Morgan fingerprint density at radius 3 is 2.88 bits per heavy atom. The van der Waals surface area contributed by atoms with E-state index in [1.165, 1.54) is 12.1 Å². The van der Waals surface area contributed by atoms with Gasteiger partial charge in [0.05, 0.1) is 17.1 Å². The summed E-state index contributed by atoms with van der Waals surface area (Å²) in [4.78, 5) is 14.5. The molecule has 1 atom stereocenters. The van der Waals surface area contributed by atoms with Crippen LogP contribution in [0.2, 0.25) is 10.2 Å². The minimum Gasteiger partial charge on any atom is -0.448 e. The summed E-state index contributed by atoms with van der Waals surface area (Å²) in [5, 5.41) is 3.42. The molecule has 1 aliphatic heterocycles. The van der Waals surface area contributed by atoms with Crippen molar-refractivity contribution in [2.24, 2.45) is 5.92 Å². The van der Waals surface area contributed by atoms with Gasteiger partial charge < -0.3 is 9.73 Å². The van der Waals surface area contributed by atoms with E-state index in [1.807, 2.05) is 6.07 Å². The summed E-state index contributed by atoms with van der Waals surface area (Å²) in [7, 11) is 0. The lowest BCUT2D eigenvalue weighted by molar-refractivity contribution is 0.0928. The van der Waals surface area contributed by atoms with Gasteiger partial charge in [-0.1, -0.05) is 11.6 Å². The van der Waals surface area contributed by atoms with Crippen molar-refractivity contribution in [2.75, 3.05) is 19.6 Å². The van der Waals surface area contributed by atoms with Crippen molar-refractivity contribution in [3.63, 3.8) is 0 Å². The van der Waals surface area contributed by atoms with Gasteiger partial charge >= 0.3 is 0 Å². The monoisotopic (exact) mass is 384 g/mol. The van der Waals surface area contributed by atoms with Gasteiger partial charge in [-0.15, -0.1) is 0 Å². The summed E-state index contributed by atoms with van der Waals surface area (Å²) >= 11 is 11.7. The smallest absolute Gasteiger partial charge is 0.252 e. The number of carbonyl (C=O) groups is 1. The molecule has 25 heavy (non-hydrogen) atoms. The van der Waals surface area contributed by atoms with Crippen LogP contribution in [-0.2, 0) is 6.54 Å². The van der Waals surface area contributed by atoms with E-state index in [9.17, 15) is 9.18 Å². The highest BCUT2D eigenvalue weighted by Crippen LogP contribution is 2.21. The van der Waals surface area contributed by atoms with Crippen LogP contribution in [-0.4, -0.2) is 30.4 Å². The normalized spacial score (nSPS) is 18.3. The van der Waals surface area contributed by atoms with Crippen LogP contribution in [0.4, 0.5) is 4.39 Å². The molecule has 3 rings (SSSR count). The maximum atomic E-state index is 13.1. The molecule has 1 unspecified atom stereocenters. The molecule has 1 aliphatic rings. The van der Waals surface area contributed by atoms with E-state index >= 15 is 0 Å². The second-order valence-corrected chi connectivity index (χ2v) is 7.06.